The van der Waals surface area contributed by atoms with Gasteiger partial charge in [0, 0.05) is 25.0 Å². The minimum absolute atomic E-state index is 0.0443. The van der Waals surface area contributed by atoms with E-state index in [1.807, 2.05) is 74.5 Å². The summed E-state index contributed by atoms with van der Waals surface area (Å²) in [5.74, 6) is -1.63. The number of carbonyl (C=O) groups excluding carboxylic acids is 5. The van der Waals surface area contributed by atoms with Crippen LogP contribution in [0.5, 0.6) is 0 Å². The molecule has 0 aliphatic rings. The van der Waals surface area contributed by atoms with Crippen LogP contribution >= 0.6 is 0 Å². The van der Waals surface area contributed by atoms with Crippen molar-refractivity contribution in [2.24, 2.45) is 5.92 Å². The molecule has 232 valence electrons. The SMILES string of the molecule is CCOC(=O)/C=C/[C@H](CCC(C)=O)NC(=O)[C@H](Cc1ccccc1)NC(=O)[C@H](CC(C)C)NC(=O)OCc1ccccc1. The van der Waals surface area contributed by atoms with E-state index in [2.05, 4.69) is 16.0 Å². The molecule has 2 aromatic rings. The van der Waals surface area contributed by atoms with Gasteiger partial charge in [-0.15, -0.1) is 0 Å². The van der Waals surface area contributed by atoms with E-state index in [1.54, 1.807) is 6.92 Å². The van der Waals surface area contributed by atoms with E-state index < -0.39 is 42.0 Å². The smallest absolute Gasteiger partial charge is 0.408 e. The second kappa shape index (κ2) is 18.9. The van der Waals surface area contributed by atoms with E-state index in [0.29, 0.717) is 6.42 Å². The van der Waals surface area contributed by atoms with Crippen LogP contribution in [0, 0.1) is 5.92 Å². The molecule has 0 saturated heterocycles. The molecule has 3 amide bonds. The predicted molar refractivity (Wildman–Crippen MR) is 163 cm³/mol. The van der Waals surface area contributed by atoms with Crippen LogP contribution in [-0.2, 0) is 41.7 Å². The first-order valence-electron chi connectivity index (χ1n) is 14.5. The summed E-state index contributed by atoms with van der Waals surface area (Å²) in [5, 5.41) is 8.28. The Morgan fingerprint density at radius 2 is 1.40 bits per heavy atom. The molecule has 43 heavy (non-hydrogen) atoms. The summed E-state index contributed by atoms with van der Waals surface area (Å²) >= 11 is 0. The predicted octanol–water partition coefficient (Wildman–Crippen LogP) is 4.03. The molecule has 10 nitrogen and oxygen atoms in total. The zero-order valence-electron chi connectivity index (χ0n) is 25.3. The van der Waals surface area contributed by atoms with E-state index in [0.717, 1.165) is 11.1 Å². The zero-order valence-corrected chi connectivity index (χ0v) is 25.3. The van der Waals surface area contributed by atoms with Crippen molar-refractivity contribution in [3.05, 3.63) is 83.9 Å². The summed E-state index contributed by atoms with van der Waals surface area (Å²) < 4.78 is 10.2. The molecule has 2 aromatic carbocycles. The minimum atomic E-state index is -1.01. The molecule has 0 radical (unpaired) electrons. The van der Waals surface area contributed by atoms with Crippen molar-refractivity contribution in [3.63, 3.8) is 0 Å². The standard InChI is InChI=1S/C33H43N3O7/c1-5-42-30(38)19-18-27(17-16-24(4)37)34-31(39)29(21-25-12-8-6-9-13-25)35-32(40)28(20-23(2)3)36-33(41)43-22-26-14-10-7-11-15-26/h6-15,18-19,23,27-29H,5,16-17,20-22H2,1-4H3,(H,34,39)(H,35,40)(H,36,41)/b19-18+/t27-,28-,29-/m0/s1. The number of alkyl carbamates (subject to hydrolysis) is 1. The summed E-state index contributed by atoms with van der Waals surface area (Å²) in [5.41, 5.74) is 1.61. The Balaban J connectivity index is 2.20. The molecule has 10 heteroatoms. The first-order valence-corrected chi connectivity index (χ1v) is 14.5. The van der Waals surface area contributed by atoms with Crippen LogP contribution < -0.4 is 16.0 Å². The van der Waals surface area contributed by atoms with E-state index in [4.69, 9.17) is 9.47 Å². The molecule has 0 aliphatic heterocycles. The molecule has 0 aromatic heterocycles. The van der Waals surface area contributed by atoms with Crippen LogP contribution in [0.15, 0.2) is 72.8 Å². The van der Waals surface area contributed by atoms with Gasteiger partial charge in [-0.25, -0.2) is 9.59 Å². The van der Waals surface area contributed by atoms with Crippen molar-refractivity contribution < 1.29 is 33.4 Å². The van der Waals surface area contributed by atoms with Crippen molar-refractivity contribution in [1.29, 1.82) is 0 Å². The van der Waals surface area contributed by atoms with Crippen LogP contribution in [0.1, 0.15) is 58.1 Å². The number of ketones is 1. The van der Waals surface area contributed by atoms with Gasteiger partial charge in [-0.2, -0.15) is 0 Å². The molecular formula is C33H43N3O7. The first-order chi connectivity index (χ1) is 20.6. The fourth-order valence-electron chi connectivity index (χ4n) is 4.19. The largest absolute Gasteiger partial charge is 0.463 e. The third-order valence-electron chi connectivity index (χ3n) is 6.33. The third-order valence-corrected chi connectivity index (χ3v) is 6.33. The second-order valence-electron chi connectivity index (χ2n) is 10.6. The Hall–Kier alpha value is -4.47. The third kappa shape index (κ3) is 14.3. The van der Waals surface area contributed by atoms with Crippen LogP contribution in [0.3, 0.4) is 0 Å². The highest BCUT2D eigenvalue weighted by Gasteiger charge is 2.29. The van der Waals surface area contributed by atoms with Gasteiger partial charge in [0.25, 0.3) is 0 Å². The normalized spacial score (nSPS) is 13.0. The highest BCUT2D eigenvalue weighted by molar-refractivity contribution is 5.92. The quantitative estimate of drug-likeness (QED) is 0.186. The number of hydrogen-bond donors (Lipinski definition) is 3. The summed E-state index contributed by atoms with van der Waals surface area (Å²) in [7, 11) is 0. The maximum atomic E-state index is 13.6. The van der Waals surface area contributed by atoms with Gasteiger partial charge in [-0.3, -0.25) is 9.59 Å². The number of Topliss-reactive ketones (excluding diaryl/α,β-unsaturated/α-hetero) is 1. The summed E-state index contributed by atoms with van der Waals surface area (Å²) in [6, 6.07) is 15.7. The number of carbonyl (C=O) groups is 5. The Morgan fingerprint density at radius 1 is 0.791 bits per heavy atom. The van der Waals surface area contributed by atoms with Crippen molar-refractivity contribution in [1.82, 2.24) is 16.0 Å². The number of amides is 3. The summed E-state index contributed by atoms with van der Waals surface area (Å²) in [6.45, 7) is 7.20. The highest BCUT2D eigenvalue weighted by atomic mass is 16.5. The topological polar surface area (TPSA) is 140 Å². The molecule has 2 rings (SSSR count). The fourth-order valence-corrected chi connectivity index (χ4v) is 4.19. The average Bonchev–Trinajstić information content (AvgIpc) is 2.97. The van der Waals surface area contributed by atoms with Crippen molar-refractivity contribution in [2.45, 2.75) is 78.1 Å². The molecule has 0 saturated carbocycles. The van der Waals surface area contributed by atoms with E-state index >= 15 is 0 Å². The lowest BCUT2D eigenvalue weighted by Gasteiger charge is -2.25. The van der Waals surface area contributed by atoms with E-state index in [9.17, 15) is 24.0 Å². The van der Waals surface area contributed by atoms with Crippen molar-refractivity contribution in [2.75, 3.05) is 6.61 Å². The molecule has 0 unspecified atom stereocenters. The monoisotopic (exact) mass is 593 g/mol. The van der Waals surface area contributed by atoms with Crippen LogP contribution in [0.25, 0.3) is 0 Å². The Morgan fingerprint density at radius 3 is 1.98 bits per heavy atom. The van der Waals surface area contributed by atoms with Crippen molar-refractivity contribution in [3.8, 4) is 0 Å². The molecule has 3 atom stereocenters. The van der Waals surface area contributed by atoms with Gasteiger partial charge in [-0.05, 0) is 43.7 Å². The van der Waals surface area contributed by atoms with Gasteiger partial charge in [0.2, 0.25) is 11.8 Å². The van der Waals surface area contributed by atoms with Gasteiger partial charge in [0.15, 0.2) is 0 Å². The van der Waals surface area contributed by atoms with Crippen LogP contribution in [0.4, 0.5) is 4.79 Å². The first kappa shape index (κ1) is 34.7. The number of hydrogen-bond acceptors (Lipinski definition) is 7. The zero-order chi connectivity index (χ0) is 31.6. The van der Waals surface area contributed by atoms with Crippen molar-refractivity contribution >= 4 is 29.7 Å². The number of ether oxygens (including phenoxy) is 2. The molecule has 0 bridgehead atoms. The molecule has 0 spiro atoms. The van der Waals surface area contributed by atoms with E-state index in [1.165, 1.54) is 19.1 Å². The van der Waals surface area contributed by atoms with Crippen LogP contribution in [-0.4, -0.2) is 54.4 Å². The lowest BCUT2D eigenvalue weighted by Crippen LogP contribution is -2.55. The Kier molecular flexibility index (Phi) is 15.2. The molecule has 0 aliphatic carbocycles. The van der Waals surface area contributed by atoms with Gasteiger partial charge < -0.3 is 30.2 Å². The van der Waals surface area contributed by atoms with Gasteiger partial charge >= 0.3 is 12.1 Å². The highest BCUT2D eigenvalue weighted by Crippen LogP contribution is 2.10. The summed E-state index contributed by atoms with van der Waals surface area (Å²) in [4.78, 5) is 63.2. The molecule has 3 N–H and O–H groups in total. The average molecular weight is 594 g/mol. The van der Waals surface area contributed by atoms with Crippen LogP contribution in [0.2, 0.25) is 0 Å². The minimum Gasteiger partial charge on any atom is -0.463 e. The van der Waals surface area contributed by atoms with Gasteiger partial charge in [0.1, 0.15) is 24.5 Å². The number of benzene rings is 2. The number of esters is 1. The lowest BCUT2D eigenvalue weighted by molar-refractivity contribution is -0.137. The maximum Gasteiger partial charge on any atom is 0.408 e. The molecular weight excluding hydrogens is 550 g/mol. The molecule has 0 heterocycles. The fraction of sp³-hybridized carbons (Fsp3) is 0.424. The van der Waals surface area contributed by atoms with Gasteiger partial charge in [-0.1, -0.05) is 80.6 Å². The molecule has 0 fully saturated rings. The second-order valence-corrected chi connectivity index (χ2v) is 10.6. The summed E-state index contributed by atoms with van der Waals surface area (Å²) in [6.07, 6.45) is 2.87. The maximum absolute atomic E-state index is 13.6. The Labute approximate surface area is 253 Å². The van der Waals surface area contributed by atoms with Gasteiger partial charge in [0.05, 0.1) is 6.61 Å². The number of rotatable bonds is 17. The number of nitrogens with one attached hydrogen (secondary N) is 3. The van der Waals surface area contributed by atoms with E-state index in [-0.39, 0.29) is 44.2 Å². The lowest BCUT2D eigenvalue weighted by atomic mass is 10.0. The Bertz CT molecular complexity index is 1220.